The predicted octanol–water partition coefficient (Wildman–Crippen LogP) is 2.44. The fourth-order valence-corrected chi connectivity index (χ4v) is 2.46. The van der Waals surface area contributed by atoms with E-state index in [0.29, 0.717) is 25.9 Å². The van der Waals surface area contributed by atoms with Crippen LogP contribution in [0, 0.1) is 16.7 Å². The molecule has 1 aromatic carbocycles. The Labute approximate surface area is 113 Å². The van der Waals surface area contributed by atoms with E-state index in [1.165, 1.54) is 5.56 Å². The maximum atomic E-state index is 11.2. The molecule has 1 N–H and O–H groups in total. The molecule has 1 saturated heterocycles. The van der Waals surface area contributed by atoms with Crippen molar-refractivity contribution in [2.24, 2.45) is 5.41 Å². The molecule has 0 aromatic heterocycles. The van der Waals surface area contributed by atoms with Crippen LogP contribution in [0.25, 0.3) is 0 Å². The van der Waals surface area contributed by atoms with Crippen LogP contribution in [0.4, 0.5) is 5.69 Å². The van der Waals surface area contributed by atoms with Crippen LogP contribution in [-0.2, 0) is 11.2 Å². The molecule has 4 heteroatoms. The van der Waals surface area contributed by atoms with Crippen molar-refractivity contribution in [3.63, 3.8) is 0 Å². The van der Waals surface area contributed by atoms with Crippen molar-refractivity contribution in [3.8, 4) is 6.07 Å². The molecular formula is C15H18N2O2. The Morgan fingerprint density at radius 1 is 1.37 bits per heavy atom. The third-order valence-corrected chi connectivity index (χ3v) is 3.95. The third-order valence-electron chi connectivity index (χ3n) is 3.95. The fourth-order valence-electron chi connectivity index (χ4n) is 2.46. The number of aliphatic carboxylic acids is 1. The molecule has 2 rings (SSSR count). The van der Waals surface area contributed by atoms with Gasteiger partial charge < -0.3 is 10.0 Å². The lowest BCUT2D eigenvalue weighted by Crippen LogP contribution is -2.43. The van der Waals surface area contributed by atoms with Gasteiger partial charge in [0.15, 0.2) is 5.41 Å². The molecule has 0 aliphatic carbocycles. The van der Waals surface area contributed by atoms with Gasteiger partial charge in [-0.2, -0.15) is 5.26 Å². The van der Waals surface area contributed by atoms with Crippen molar-refractivity contribution in [2.45, 2.75) is 26.2 Å². The highest BCUT2D eigenvalue weighted by atomic mass is 16.4. The van der Waals surface area contributed by atoms with Gasteiger partial charge in [-0.25, -0.2) is 0 Å². The van der Waals surface area contributed by atoms with E-state index in [9.17, 15) is 9.90 Å². The topological polar surface area (TPSA) is 64.3 Å². The lowest BCUT2D eigenvalue weighted by Gasteiger charge is -2.36. The Kier molecular flexibility index (Phi) is 3.75. The highest BCUT2D eigenvalue weighted by molar-refractivity contribution is 5.78. The number of aryl methyl sites for hydroxylation is 1. The average Bonchev–Trinajstić information content (AvgIpc) is 2.47. The molecule has 1 aliphatic heterocycles. The minimum Gasteiger partial charge on any atom is -0.480 e. The van der Waals surface area contributed by atoms with Gasteiger partial charge in [0.25, 0.3) is 0 Å². The molecule has 1 fully saturated rings. The van der Waals surface area contributed by atoms with Gasteiger partial charge in [0, 0.05) is 18.8 Å². The standard InChI is InChI=1S/C15H18N2O2/c1-2-12-3-5-13(6-4-12)17-9-7-15(11-16,8-10-17)14(18)19/h3-6H,2,7-10H2,1H3,(H,18,19). The maximum Gasteiger partial charge on any atom is 0.324 e. The van der Waals surface area contributed by atoms with E-state index in [-0.39, 0.29) is 0 Å². The zero-order valence-electron chi connectivity index (χ0n) is 11.1. The molecule has 0 bridgehead atoms. The zero-order valence-corrected chi connectivity index (χ0v) is 11.1. The second-order valence-corrected chi connectivity index (χ2v) is 5.01. The van der Waals surface area contributed by atoms with Gasteiger partial charge in [0.1, 0.15) is 0 Å². The Balaban J connectivity index is 2.07. The molecule has 1 aliphatic rings. The van der Waals surface area contributed by atoms with E-state index in [1.54, 1.807) is 0 Å². The Morgan fingerprint density at radius 2 is 1.95 bits per heavy atom. The molecule has 100 valence electrons. The number of carbonyl (C=O) groups is 1. The van der Waals surface area contributed by atoms with Crippen molar-refractivity contribution in [1.82, 2.24) is 0 Å². The van der Waals surface area contributed by atoms with E-state index in [1.807, 2.05) is 6.07 Å². The summed E-state index contributed by atoms with van der Waals surface area (Å²) in [5.41, 5.74) is 1.20. The Morgan fingerprint density at radius 3 is 2.37 bits per heavy atom. The van der Waals surface area contributed by atoms with Crippen molar-refractivity contribution in [3.05, 3.63) is 29.8 Å². The van der Waals surface area contributed by atoms with Crippen LogP contribution in [0.15, 0.2) is 24.3 Å². The molecule has 19 heavy (non-hydrogen) atoms. The quantitative estimate of drug-likeness (QED) is 0.904. The summed E-state index contributed by atoms with van der Waals surface area (Å²) >= 11 is 0. The van der Waals surface area contributed by atoms with Gasteiger partial charge in [0.2, 0.25) is 0 Å². The fraction of sp³-hybridized carbons (Fsp3) is 0.467. The molecule has 0 spiro atoms. The van der Waals surface area contributed by atoms with Gasteiger partial charge in [-0.15, -0.1) is 0 Å². The number of nitriles is 1. The number of nitrogens with zero attached hydrogens (tertiary/aromatic N) is 2. The first kappa shape index (κ1) is 13.4. The molecule has 1 heterocycles. The Bertz CT molecular complexity index is 494. The predicted molar refractivity (Wildman–Crippen MR) is 72.9 cm³/mol. The first-order valence-electron chi connectivity index (χ1n) is 6.60. The molecule has 0 unspecified atom stereocenters. The number of rotatable bonds is 3. The summed E-state index contributed by atoms with van der Waals surface area (Å²) in [7, 11) is 0. The number of carboxylic acids is 1. The lowest BCUT2D eigenvalue weighted by molar-refractivity contribution is -0.146. The molecule has 0 atom stereocenters. The SMILES string of the molecule is CCc1ccc(N2CCC(C#N)(C(=O)O)CC2)cc1. The normalized spacial score (nSPS) is 17.8. The lowest BCUT2D eigenvalue weighted by atomic mass is 9.80. The number of hydrogen-bond acceptors (Lipinski definition) is 3. The summed E-state index contributed by atoms with van der Waals surface area (Å²) in [6.07, 6.45) is 1.78. The minimum atomic E-state index is -1.19. The first-order valence-corrected chi connectivity index (χ1v) is 6.60. The molecular weight excluding hydrogens is 240 g/mol. The summed E-state index contributed by atoms with van der Waals surface area (Å²) in [5.74, 6) is -0.990. The van der Waals surface area contributed by atoms with Crippen molar-refractivity contribution in [2.75, 3.05) is 18.0 Å². The largest absolute Gasteiger partial charge is 0.480 e. The monoisotopic (exact) mass is 258 g/mol. The third kappa shape index (κ3) is 2.55. The van der Waals surface area contributed by atoms with E-state index in [2.05, 4.69) is 36.1 Å². The van der Waals surface area contributed by atoms with Gasteiger partial charge in [0.05, 0.1) is 6.07 Å². The second kappa shape index (κ2) is 5.31. The number of carboxylic acid groups (broad SMARTS) is 1. The van der Waals surface area contributed by atoms with Crippen LogP contribution < -0.4 is 4.90 Å². The van der Waals surface area contributed by atoms with Crippen LogP contribution in [0.2, 0.25) is 0 Å². The van der Waals surface area contributed by atoms with Crippen LogP contribution in [0.3, 0.4) is 0 Å². The summed E-state index contributed by atoms with van der Waals surface area (Å²) in [6.45, 7) is 3.35. The second-order valence-electron chi connectivity index (χ2n) is 5.01. The molecule has 1 aromatic rings. The average molecular weight is 258 g/mol. The van der Waals surface area contributed by atoms with E-state index in [0.717, 1.165) is 12.1 Å². The van der Waals surface area contributed by atoms with Gasteiger partial charge in [-0.05, 0) is 37.0 Å². The Hall–Kier alpha value is -2.02. The smallest absolute Gasteiger partial charge is 0.324 e. The summed E-state index contributed by atoms with van der Waals surface area (Å²) < 4.78 is 0. The van der Waals surface area contributed by atoms with Gasteiger partial charge in [-0.3, -0.25) is 4.79 Å². The molecule has 0 amide bonds. The number of piperidine rings is 1. The number of anilines is 1. The number of hydrogen-bond donors (Lipinski definition) is 1. The van der Waals surface area contributed by atoms with Crippen LogP contribution >= 0.6 is 0 Å². The highest BCUT2D eigenvalue weighted by Crippen LogP contribution is 2.33. The van der Waals surface area contributed by atoms with Crippen LogP contribution in [-0.4, -0.2) is 24.2 Å². The molecule has 0 radical (unpaired) electrons. The number of benzene rings is 1. The van der Waals surface area contributed by atoms with Gasteiger partial charge in [-0.1, -0.05) is 19.1 Å². The molecule has 0 saturated carbocycles. The zero-order chi connectivity index (χ0) is 13.9. The maximum absolute atomic E-state index is 11.2. The summed E-state index contributed by atoms with van der Waals surface area (Å²) in [4.78, 5) is 13.3. The van der Waals surface area contributed by atoms with Crippen molar-refractivity contribution >= 4 is 11.7 Å². The van der Waals surface area contributed by atoms with Crippen LogP contribution in [0.1, 0.15) is 25.3 Å². The summed E-state index contributed by atoms with van der Waals surface area (Å²) in [5, 5.41) is 18.3. The van der Waals surface area contributed by atoms with E-state index < -0.39 is 11.4 Å². The van der Waals surface area contributed by atoms with Gasteiger partial charge >= 0.3 is 5.97 Å². The molecule has 4 nitrogen and oxygen atoms in total. The van der Waals surface area contributed by atoms with Crippen LogP contribution in [0.5, 0.6) is 0 Å². The first-order chi connectivity index (χ1) is 9.11. The minimum absolute atomic E-state index is 0.383. The van der Waals surface area contributed by atoms with Crippen molar-refractivity contribution in [1.29, 1.82) is 5.26 Å². The summed E-state index contributed by atoms with van der Waals surface area (Å²) in [6, 6.07) is 10.3. The van der Waals surface area contributed by atoms with E-state index in [4.69, 9.17) is 5.26 Å². The highest BCUT2D eigenvalue weighted by Gasteiger charge is 2.41. The van der Waals surface area contributed by atoms with Crippen molar-refractivity contribution < 1.29 is 9.90 Å². The van der Waals surface area contributed by atoms with E-state index >= 15 is 0 Å².